The second kappa shape index (κ2) is 6.75. The van der Waals surface area contributed by atoms with E-state index < -0.39 is 22.6 Å². The molecule has 1 aromatic rings. The van der Waals surface area contributed by atoms with Crippen molar-refractivity contribution in [1.29, 1.82) is 0 Å². The lowest BCUT2D eigenvalue weighted by atomic mass is 10.1. The summed E-state index contributed by atoms with van der Waals surface area (Å²) in [5, 5.41) is 11.3. The molecule has 0 bridgehead atoms. The van der Waals surface area contributed by atoms with Gasteiger partial charge in [0.25, 0.3) is 11.5 Å². The molecule has 1 aromatic carbocycles. The van der Waals surface area contributed by atoms with Crippen LogP contribution in [0, 0.1) is 10.1 Å². The van der Waals surface area contributed by atoms with Crippen LogP contribution in [0.2, 0.25) is 0 Å². The highest BCUT2D eigenvalue weighted by Gasteiger charge is 2.39. The molecule has 0 unspecified atom stereocenters. The molecule has 2 fully saturated rings. The Morgan fingerprint density at radius 2 is 1.77 bits per heavy atom. The number of esters is 2. The van der Waals surface area contributed by atoms with Crippen LogP contribution in [0.15, 0.2) is 23.8 Å². The maximum atomic E-state index is 12.1. The highest BCUT2D eigenvalue weighted by molar-refractivity contribution is 6.19. The molecule has 0 N–H and O–H groups in total. The number of nitrogens with zero attached hydrogens (tertiary/aromatic N) is 2. The summed E-state index contributed by atoms with van der Waals surface area (Å²) >= 11 is 0. The molecule has 9 nitrogen and oxygen atoms in total. The van der Waals surface area contributed by atoms with Crippen LogP contribution >= 0.6 is 0 Å². The lowest BCUT2D eigenvalue weighted by Gasteiger charge is -2.30. The van der Waals surface area contributed by atoms with E-state index in [0.29, 0.717) is 26.3 Å². The Labute approximate surface area is 149 Å². The average Bonchev–Trinajstić information content (AvgIpc) is 2.58. The van der Waals surface area contributed by atoms with Crippen molar-refractivity contribution < 1.29 is 28.7 Å². The molecule has 0 aromatic heterocycles. The number of benzene rings is 1. The highest BCUT2D eigenvalue weighted by atomic mass is 16.7. The monoisotopic (exact) mass is 362 g/mol. The van der Waals surface area contributed by atoms with Crippen molar-refractivity contribution in [2.75, 3.05) is 31.2 Å². The second-order valence-electron chi connectivity index (χ2n) is 6.34. The Morgan fingerprint density at radius 3 is 2.35 bits per heavy atom. The molecule has 0 aliphatic carbocycles. The van der Waals surface area contributed by atoms with Crippen LogP contribution in [0.25, 0.3) is 6.08 Å². The minimum atomic E-state index is -1.37. The van der Waals surface area contributed by atoms with Gasteiger partial charge in [-0.1, -0.05) is 0 Å². The van der Waals surface area contributed by atoms with E-state index in [1.54, 1.807) is 12.1 Å². The van der Waals surface area contributed by atoms with Gasteiger partial charge in [-0.25, -0.2) is 9.59 Å². The van der Waals surface area contributed by atoms with Crippen molar-refractivity contribution in [3.05, 3.63) is 39.4 Å². The first-order chi connectivity index (χ1) is 12.3. The van der Waals surface area contributed by atoms with Gasteiger partial charge in [0.05, 0.1) is 23.7 Å². The molecule has 0 spiro atoms. The molecule has 138 valence electrons. The van der Waals surface area contributed by atoms with E-state index in [1.807, 2.05) is 4.90 Å². The molecular formula is C17H18N2O7. The lowest BCUT2D eigenvalue weighted by Crippen LogP contribution is -2.41. The summed E-state index contributed by atoms with van der Waals surface area (Å²) in [5.41, 5.74) is 0.262. The summed E-state index contributed by atoms with van der Waals surface area (Å²) in [5.74, 6) is -3.12. The number of morpholine rings is 1. The van der Waals surface area contributed by atoms with Crippen molar-refractivity contribution in [3.8, 4) is 0 Å². The molecule has 0 amide bonds. The van der Waals surface area contributed by atoms with Gasteiger partial charge < -0.3 is 19.1 Å². The number of nitro groups is 1. The smallest absolute Gasteiger partial charge is 0.348 e. The molecule has 2 saturated heterocycles. The molecule has 9 heteroatoms. The van der Waals surface area contributed by atoms with E-state index in [0.717, 1.165) is 11.8 Å². The zero-order chi connectivity index (χ0) is 18.9. The Bertz CT molecular complexity index is 772. The van der Waals surface area contributed by atoms with E-state index >= 15 is 0 Å². The van der Waals surface area contributed by atoms with Gasteiger partial charge in [0.1, 0.15) is 5.57 Å². The Kier molecular flexibility index (Phi) is 4.64. The number of carbonyl (C=O) groups excluding carboxylic acids is 2. The fraction of sp³-hybridized carbons (Fsp3) is 0.412. The van der Waals surface area contributed by atoms with Gasteiger partial charge in [0.2, 0.25) is 0 Å². The normalized spacial score (nSPS) is 19.6. The quantitative estimate of drug-likeness (QED) is 0.263. The first-order valence-corrected chi connectivity index (χ1v) is 8.06. The van der Waals surface area contributed by atoms with Gasteiger partial charge in [0, 0.05) is 38.7 Å². The Morgan fingerprint density at radius 1 is 1.15 bits per heavy atom. The zero-order valence-electron chi connectivity index (χ0n) is 14.4. The van der Waals surface area contributed by atoms with Crippen molar-refractivity contribution in [2.45, 2.75) is 19.6 Å². The third-order valence-electron chi connectivity index (χ3n) is 4.00. The van der Waals surface area contributed by atoms with Gasteiger partial charge in [-0.05, 0) is 18.2 Å². The third-order valence-corrected chi connectivity index (χ3v) is 4.00. The Hall–Kier alpha value is -2.94. The topological polar surface area (TPSA) is 108 Å². The van der Waals surface area contributed by atoms with E-state index in [9.17, 15) is 19.7 Å². The number of rotatable bonds is 3. The lowest BCUT2D eigenvalue weighted by molar-refractivity contribution is -0.385. The molecule has 0 saturated carbocycles. The van der Waals surface area contributed by atoms with Crippen molar-refractivity contribution >= 4 is 29.4 Å². The fourth-order valence-electron chi connectivity index (χ4n) is 2.78. The number of ether oxygens (including phenoxy) is 3. The summed E-state index contributed by atoms with van der Waals surface area (Å²) in [6.45, 7) is 5.27. The number of nitro benzene ring substituents is 1. The van der Waals surface area contributed by atoms with Crippen LogP contribution in [0.1, 0.15) is 19.4 Å². The number of carbonyl (C=O) groups is 2. The third kappa shape index (κ3) is 3.67. The summed E-state index contributed by atoms with van der Waals surface area (Å²) in [4.78, 5) is 37.0. The largest absolute Gasteiger partial charge is 0.419 e. The minimum absolute atomic E-state index is 0.127. The van der Waals surface area contributed by atoms with Crippen LogP contribution in [0.4, 0.5) is 11.4 Å². The first-order valence-electron chi connectivity index (χ1n) is 8.06. The van der Waals surface area contributed by atoms with Crippen LogP contribution in [0.5, 0.6) is 0 Å². The average molecular weight is 362 g/mol. The zero-order valence-corrected chi connectivity index (χ0v) is 14.4. The van der Waals surface area contributed by atoms with Gasteiger partial charge in [-0.15, -0.1) is 0 Å². The van der Waals surface area contributed by atoms with E-state index in [4.69, 9.17) is 14.2 Å². The second-order valence-corrected chi connectivity index (χ2v) is 6.34. The highest BCUT2D eigenvalue weighted by Crippen LogP contribution is 2.30. The van der Waals surface area contributed by atoms with Gasteiger partial charge in [-0.3, -0.25) is 10.1 Å². The standard InChI is InChI=1S/C17H18N2O7/c1-17(2)25-15(20)13(16(21)26-17)10-11-9-12(3-4-14(11)19(22)23)18-5-7-24-8-6-18/h3-4,9-10H,5-8H2,1-2H3. The fourth-order valence-corrected chi connectivity index (χ4v) is 2.78. The van der Waals surface area contributed by atoms with Gasteiger partial charge >= 0.3 is 11.9 Å². The molecule has 2 aliphatic rings. The maximum Gasteiger partial charge on any atom is 0.348 e. The molecule has 26 heavy (non-hydrogen) atoms. The summed E-state index contributed by atoms with van der Waals surface area (Å²) in [7, 11) is 0. The maximum absolute atomic E-state index is 12.1. The SMILES string of the molecule is CC1(C)OC(=O)C(=Cc2cc(N3CCOCC3)ccc2[N+](=O)[O-])C(=O)O1. The summed E-state index contributed by atoms with van der Waals surface area (Å²) < 4.78 is 15.4. The van der Waals surface area contributed by atoms with E-state index in [1.165, 1.54) is 19.9 Å². The molecule has 3 rings (SSSR count). The van der Waals surface area contributed by atoms with Crippen LogP contribution in [0.3, 0.4) is 0 Å². The van der Waals surface area contributed by atoms with Gasteiger partial charge in [-0.2, -0.15) is 0 Å². The number of anilines is 1. The van der Waals surface area contributed by atoms with E-state index in [-0.39, 0.29) is 16.8 Å². The number of cyclic esters (lactones) is 2. The molecule has 2 aliphatic heterocycles. The number of hydrogen-bond acceptors (Lipinski definition) is 8. The summed E-state index contributed by atoms with van der Waals surface area (Å²) in [6, 6.07) is 4.55. The van der Waals surface area contributed by atoms with Crippen molar-refractivity contribution in [2.24, 2.45) is 0 Å². The predicted octanol–water partition coefficient (Wildman–Crippen LogP) is 1.65. The van der Waals surface area contributed by atoms with Crippen LogP contribution in [-0.4, -0.2) is 49.0 Å². The summed E-state index contributed by atoms with van der Waals surface area (Å²) in [6.07, 6.45) is 1.14. The van der Waals surface area contributed by atoms with Crippen molar-refractivity contribution in [1.82, 2.24) is 0 Å². The van der Waals surface area contributed by atoms with E-state index in [2.05, 4.69) is 0 Å². The molecule has 2 heterocycles. The molecule has 0 atom stereocenters. The molecule has 0 radical (unpaired) electrons. The van der Waals surface area contributed by atoms with Crippen LogP contribution < -0.4 is 4.90 Å². The molecular weight excluding hydrogens is 344 g/mol. The van der Waals surface area contributed by atoms with Gasteiger partial charge in [0.15, 0.2) is 0 Å². The van der Waals surface area contributed by atoms with Crippen molar-refractivity contribution in [3.63, 3.8) is 0 Å². The number of hydrogen-bond donors (Lipinski definition) is 0. The Balaban J connectivity index is 2.00. The first kappa shape index (κ1) is 17.9. The predicted molar refractivity (Wildman–Crippen MR) is 90.4 cm³/mol. The van der Waals surface area contributed by atoms with Crippen LogP contribution in [-0.2, 0) is 23.8 Å². The minimum Gasteiger partial charge on any atom is -0.419 e.